The molecule has 0 N–H and O–H groups in total. The van der Waals surface area contributed by atoms with E-state index in [9.17, 15) is 0 Å². The molecular weight excluding hydrogens is 200 g/mol. The summed E-state index contributed by atoms with van der Waals surface area (Å²) in [5.74, 6) is 0. The van der Waals surface area contributed by atoms with E-state index in [1.54, 1.807) is 0 Å². The van der Waals surface area contributed by atoms with Crippen LogP contribution in [0.15, 0.2) is 12.1 Å². The summed E-state index contributed by atoms with van der Waals surface area (Å²) in [4.78, 5) is 0. The van der Waals surface area contributed by atoms with Gasteiger partial charge in [-0.2, -0.15) is 0 Å². The Morgan fingerprint density at radius 1 is 0.750 bits per heavy atom. The lowest BCUT2D eigenvalue weighted by Crippen LogP contribution is -2.01. The molecule has 0 fully saturated rings. The van der Waals surface area contributed by atoms with Crippen LogP contribution in [0.4, 0.5) is 0 Å². The minimum Gasteiger partial charge on any atom is -0.377 e. The van der Waals surface area contributed by atoms with Crippen molar-refractivity contribution < 1.29 is 9.47 Å². The van der Waals surface area contributed by atoms with Crippen LogP contribution in [0.25, 0.3) is 0 Å². The standard InChI is InChI=1S/C14H18O2/c1-2-4-13-11(8-15-7-3-1)5-6-12-9-16-10-14(12)13/h5-6H,1-4,7-10H2. The van der Waals surface area contributed by atoms with Gasteiger partial charge in [-0.25, -0.2) is 0 Å². The molecule has 2 aliphatic rings. The highest BCUT2D eigenvalue weighted by atomic mass is 16.5. The zero-order valence-electron chi connectivity index (χ0n) is 9.63. The second-order valence-electron chi connectivity index (χ2n) is 4.70. The number of fused-ring (bicyclic) bond motifs is 3. The quantitative estimate of drug-likeness (QED) is 0.666. The number of hydrogen-bond donors (Lipinski definition) is 0. The summed E-state index contributed by atoms with van der Waals surface area (Å²) in [5, 5.41) is 0. The molecule has 0 saturated heterocycles. The Morgan fingerprint density at radius 3 is 2.50 bits per heavy atom. The predicted octanol–water partition coefficient (Wildman–Crippen LogP) is 2.96. The maximum atomic E-state index is 5.70. The predicted molar refractivity (Wildman–Crippen MR) is 62.1 cm³/mol. The van der Waals surface area contributed by atoms with Crippen molar-refractivity contribution in [1.82, 2.24) is 0 Å². The summed E-state index contributed by atoms with van der Waals surface area (Å²) in [7, 11) is 0. The van der Waals surface area contributed by atoms with E-state index in [-0.39, 0.29) is 0 Å². The Kier molecular flexibility index (Phi) is 2.94. The van der Waals surface area contributed by atoms with Crippen LogP contribution in [-0.2, 0) is 35.7 Å². The second-order valence-corrected chi connectivity index (χ2v) is 4.70. The Bertz CT molecular complexity index is 385. The van der Waals surface area contributed by atoms with Crippen molar-refractivity contribution >= 4 is 0 Å². The molecule has 0 aromatic heterocycles. The Hall–Kier alpha value is -0.860. The van der Waals surface area contributed by atoms with Gasteiger partial charge < -0.3 is 9.47 Å². The number of rotatable bonds is 0. The summed E-state index contributed by atoms with van der Waals surface area (Å²) in [5.41, 5.74) is 5.73. The first kappa shape index (κ1) is 10.3. The molecule has 0 aliphatic carbocycles. The van der Waals surface area contributed by atoms with E-state index in [1.165, 1.54) is 47.9 Å². The van der Waals surface area contributed by atoms with Crippen LogP contribution in [0, 0.1) is 0 Å². The van der Waals surface area contributed by atoms with Gasteiger partial charge in [0.05, 0.1) is 19.8 Å². The fourth-order valence-corrected chi connectivity index (χ4v) is 2.68. The molecule has 3 rings (SSSR count). The van der Waals surface area contributed by atoms with E-state index < -0.39 is 0 Å². The molecular formula is C14H18O2. The summed E-state index contributed by atoms with van der Waals surface area (Å²) < 4.78 is 11.2. The molecule has 0 bridgehead atoms. The van der Waals surface area contributed by atoms with Crippen molar-refractivity contribution in [2.75, 3.05) is 6.61 Å². The highest BCUT2D eigenvalue weighted by Crippen LogP contribution is 2.29. The zero-order chi connectivity index (χ0) is 10.8. The van der Waals surface area contributed by atoms with E-state index in [4.69, 9.17) is 9.47 Å². The van der Waals surface area contributed by atoms with Gasteiger partial charge in [-0.15, -0.1) is 0 Å². The molecule has 0 amide bonds. The third-order valence-corrected chi connectivity index (χ3v) is 3.60. The van der Waals surface area contributed by atoms with Crippen LogP contribution in [0.2, 0.25) is 0 Å². The maximum absolute atomic E-state index is 5.70. The third kappa shape index (κ3) is 1.87. The molecule has 1 aromatic rings. The average molecular weight is 218 g/mol. The number of benzene rings is 1. The van der Waals surface area contributed by atoms with Crippen LogP contribution in [0.1, 0.15) is 41.5 Å². The van der Waals surface area contributed by atoms with Gasteiger partial charge in [-0.05, 0) is 41.5 Å². The molecule has 2 nitrogen and oxygen atoms in total. The molecule has 0 radical (unpaired) electrons. The van der Waals surface area contributed by atoms with Crippen molar-refractivity contribution in [2.24, 2.45) is 0 Å². The Balaban J connectivity index is 1.98. The smallest absolute Gasteiger partial charge is 0.0727 e. The van der Waals surface area contributed by atoms with Crippen molar-refractivity contribution in [2.45, 2.75) is 45.5 Å². The molecule has 0 saturated carbocycles. The first-order valence-electron chi connectivity index (χ1n) is 6.23. The van der Waals surface area contributed by atoms with Crippen molar-refractivity contribution in [3.8, 4) is 0 Å². The van der Waals surface area contributed by atoms with Gasteiger partial charge in [0.15, 0.2) is 0 Å². The molecule has 1 aromatic carbocycles. The largest absolute Gasteiger partial charge is 0.377 e. The molecule has 86 valence electrons. The third-order valence-electron chi connectivity index (χ3n) is 3.60. The van der Waals surface area contributed by atoms with Crippen molar-refractivity contribution in [3.05, 3.63) is 34.4 Å². The van der Waals surface area contributed by atoms with Crippen molar-refractivity contribution in [1.29, 1.82) is 0 Å². The maximum Gasteiger partial charge on any atom is 0.0727 e. The lowest BCUT2D eigenvalue weighted by atomic mass is 9.94. The zero-order valence-corrected chi connectivity index (χ0v) is 9.63. The summed E-state index contributed by atoms with van der Waals surface area (Å²) in [6.45, 7) is 3.29. The molecule has 2 heteroatoms. The van der Waals surface area contributed by atoms with Crippen molar-refractivity contribution in [3.63, 3.8) is 0 Å². The highest BCUT2D eigenvalue weighted by molar-refractivity contribution is 5.42. The van der Waals surface area contributed by atoms with Gasteiger partial charge in [-0.1, -0.05) is 18.6 Å². The highest BCUT2D eigenvalue weighted by Gasteiger charge is 2.18. The Labute approximate surface area is 96.6 Å². The van der Waals surface area contributed by atoms with Gasteiger partial charge in [0.25, 0.3) is 0 Å². The topological polar surface area (TPSA) is 18.5 Å². The molecule has 2 aliphatic heterocycles. The van der Waals surface area contributed by atoms with Gasteiger partial charge in [0.2, 0.25) is 0 Å². The lowest BCUT2D eigenvalue weighted by molar-refractivity contribution is 0.118. The molecule has 2 heterocycles. The summed E-state index contributed by atoms with van der Waals surface area (Å²) >= 11 is 0. The number of ether oxygens (including phenoxy) is 2. The van der Waals surface area contributed by atoms with E-state index in [1.807, 2.05) is 0 Å². The van der Waals surface area contributed by atoms with Crippen LogP contribution in [-0.4, -0.2) is 6.61 Å². The van der Waals surface area contributed by atoms with Gasteiger partial charge in [0, 0.05) is 6.61 Å². The lowest BCUT2D eigenvalue weighted by Gasteiger charge is -2.12. The summed E-state index contributed by atoms with van der Waals surface area (Å²) in [6.07, 6.45) is 4.97. The average Bonchev–Trinajstić information content (AvgIpc) is 2.80. The molecule has 16 heavy (non-hydrogen) atoms. The van der Waals surface area contributed by atoms with Gasteiger partial charge in [0.1, 0.15) is 0 Å². The second kappa shape index (κ2) is 4.56. The normalized spacial score (nSPS) is 20.5. The molecule has 0 atom stereocenters. The number of hydrogen-bond acceptors (Lipinski definition) is 2. The van der Waals surface area contributed by atoms with Gasteiger partial charge in [-0.3, -0.25) is 0 Å². The fraction of sp³-hybridized carbons (Fsp3) is 0.571. The van der Waals surface area contributed by atoms with Crippen LogP contribution in [0.3, 0.4) is 0 Å². The van der Waals surface area contributed by atoms with E-state index in [2.05, 4.69) is 12.1 Å². The van der Waals surface area contributed by atoms with E-state index in [0.29, 0.717) is 0 Å². The van der Waals surface area contributed by atoms with E-state index in [0.717, 1.165) is 26.4 Å². The minimum absolute atomic E-state index is 0.780. The van der Waals surface area contributed by atoms with E-state index >= 15 is 0 Å². The minimum atomic E-state index is 0.780. The van der Waals surface area contributed by atoms with Crippen LogP contribution in [0.5, 0.6) is 0 Å². The molecule has 0 unspecified atom stereocenters. The fourth-order valence-electron chi connectivity index (χ4n) is 2.68. The van der Waals surface area contributed by atoms with Crippen LogP contribution < -0.4 is 0 Å². The Morgan fingerprint density at radius 2 is 1.56 bits per heavy atom. The SMILES string of the molecule is c1cc2c(c3c1COCCCCC3)COC2. The van der Waals surface area contributed by atoms with Crippen LogP contribution >= 0.6 is 0 Å². The summed E-state index contributed by atoms with van der Waals surface area (Å²) in [6, 6.07) is 4.44. The first-order valence-corrected chi connectivity index (χ1v) is 6.23. The first-order chi connectivity index (χ1) is 7.95. The molecule has 0 spiro atoms. The van der Waals surface area contributed by atoms with Gasteiger partial charge >= 0.3 is 0 Å². The monoisotopic (exact) mass is 218 g/mol.